The van der Waals surface area contributed by atoms with Crippen molar-refractivity contribution in [3.8, 4) is 6.07 Å². The zero-order chi connectivity index (χ0) is 31.5. The van der Waals surface area contributed by atoms with E-state index < -0.39 is 0 Å². The van der Waals surface area contributed by atoms with Gasteiger partial charge in [0.1, 0.15) is 0 Å². The molecule has 5 rings (SSSR count). The Balaban J connectivity index is 0.00000461. The fourth-order valence-corrected chi connectivity index (χ4v) is 7.32. The first-order valence-electron chi connectivity index (χ1n) is 16.6. The van der Waals surface area contributed by atoms with Crippen LogP contribution in [0.4, 0.5) is 0 Å². The molecule has 5 nitrogen and oxygen atoms in total. The molecule has 0 amide bonds. The summed E-state index contributed by atoms with van der Waals surface area (Å²) in [6.45, 7) is 17.7. The smallest absolute Gasteiger partial charge is 0.657 e. The summed E-state index contributed by atoms with van der Waals surface area (Å²) in [4.78, 5) is 21.2. The molecule has 8 bridgehead atoms. The molecule has 0 spiro atoms. The molecular formula is C39H45N5Ni. The summed E-state index contributed by atoms with van der Waals surface area (Å²) in [6, 6.07) is 8.85. The van der Waals surface area contributed by atoms with Gasteiger partial charge in [-0.15, -0.1) is 22.1 Å². The molecule has 0 aromatic carbocycles. The largest absolute Gasteiger partial charge is 2.00 e. The first-order valence-corrected chi connectivity index (χ1v) is 16.6. The van der Waals surface area contributed by atoms with Crippen LogP contribution in [0.15, 0.2) is 24.3 Å². The van der Waals surface area contributed by atoms with E-state index in [9.17, 15) is 5.26 Å². The molecule has 236 valence electrons. The minimum atomic E-state index is 0. The number of rotatable bonds is 9. The molecule has 0 N–H and O–H groups in total. The Kier molecular flexibility index (Phi) is 11.1. The molecule has 2 aliphatic heterocycles. The van der Waals surface area contributed by atoms with Crippen molar-refractivity contribution in [3.63, 3.8) is 0 Å². The Morgan fingerprint density at radius 2 is 1.00 bits per heavy atom. The maximum atomic E-state index is 9.64. The number of hydrogen-bond acceptors (Lipinski definition) is 3. The fraction of sp³-hybridized carbons (Fsp3) is 0.410. The molecule has 2 aliphatic rings. The van der Waals surface area contributed by atoms with Crippen LogP contribution in [0.1, 0.15) is 132 Å². The SMILES string of the molecule is CCC1=C(CC)c2cc3[n-]c(c(/C=C/C#N)c4nc(cc5[n-]c(cc1n2)c(CC)c5CC)C(CC)=C4CC)c(CC)c3CC.[Ni+2]. The van der Waals surface area contributed by atoms with Gasteiger partial charge in [-0.1, -0.05) is 95.8 Å². The molecule has 0 atom stereocenters. The topological polar surface area (TPSA) is 77.8 Å². The molecule has 0 unspecified atom stereocenters. The molecule has 0 saturated carbocycles. The third-order valence-electron chi connectivity index (χ3n) is 9.31. The van der Waals surface area contributed by atoms with E-state index >= 15 is 0 Å². The maximum Gasteiger partial charge on any atom is 2.00 e. The molecular weight excluding hydrogens is 597 g/mol. The molecule has 0 fully saturated rings. The normalized spacial score (nSPS) is 13.1. The predicted molar refractivity (Wildman–Crippen MR) is 186 cm³/mol. The van der Waals surface area contributed by atoms with Crippen LogP contribution in [0.3, 0.4) is 0 Å². The van der Waals surface area contributed by atoms with Gasteiger partial charge in [-0.25, -0.2) is 9.97 Å². The monoisotopic (exact) mass is 641 g/mol. The summed E-state index contributed by atoms with van der Waals surface area (Å²) >= 11 is 0. The number of nitrogens with zero attached hydrogens (tertiary/aromatic N) is 5. The van der Waals surface area contributed by atoms with Crippen molar-refractivity contribution in [2.75, 3.05) is 0 Å². The summed E-state index contributed by atoms with van der Waals surface area (Å²) in [7, 11) is 0. The third-order valence-corrected chi connectivity index (χ3v) is 9.31. The van der Waals surface area contributed by atoms with Gasteiger partial charge >= 0.3 is 16.5 Å². The van der Waals surface area contributed by atoms with Gasteiger partial charge in [0.2, 0.25) is 0 Å². The summed E-state index contributed by atoms with van der Waals surface area (Å²) in [6.07, 6.45) is 10.5. The van der Waals surface area contributed by atoms with Crippen LogP contribution in [0.2, 0.25) is 0 Å². The van der Waals surface area contributed by atoms with Crippen molar-refractivity contribution < 1.29 is 16.5 Å². The molecule has 3 aromatic heterocycles. The van der Waals surface area contributed by atoms with Crippen LogP contribution < -0.4 is 9.97 Å². The average molecular weight is 643 g/mol. The Morgan fingerprint density at radius 3 is 1.44 bits per heavy atom. The van der Waals surface area contributed by atoms with Crippen molar-refractivity contribution in [1.82, 2.24) is 19.9 Å². The van der Waals surface area contributed by atoms with Crippen LogP contribution in [0.5, 0.6) is 0 Å². The number of hydrogen-bond donors (Lipinski definition) is 0. The second-order valence-electron chi connectivity index (χ2n) is 11.4. The van der Waals surface area contributed by atoms with E-state index in [0.29, 0.717) is 0 Å². The standard InChI is InChI=1S/C39H45N5.Ni/c1-9-23-25(11-3)34-21-36-27(13-5)29(15-7)38(43-36)31(18-17-19-40)39-30(16-8)28(14-6)37(44-39)22-35-26(12-4)24(10-2)33(42-35)20-32(23)41-34;/h17-18,20-22H,9-16H2,1-8H3;/q-2;+2/b18-17+,32-20?,33-20?,34-21?,35-22?,36-21?,37-22?,38-31?,39-31?;. The van der Waals surface area contributed by atoms with Crippen LogP contribution >= 0.6 is 0 Å². The second-order valence-corrected chi connectivity index (χ2v) is 11.4. The number of allylic oxidation sites excluding steroid dienone is 5. The van der Waals surface area contributed by atoms with E-state index in [1.165, 1.54) is 44.5 Å². The van der Waals surface area contributed by atoms with Crippen molar-refractivity contribution in [1.29, 1.82) is 5.26 Å². The molecule has 45 heavy (non-hydrogen) atoms. The van der Waals surface area contributed by atoms with Gasteiger partial charge in [0.05, 0.1) is 28.8 Å². The molecule has 6 heteroatoms. The molecule has 0 radical (unpaired) electrons. The van der Waals surface area contributed by atoms with Crippen LogP contribution in [0.25, 0.3) is 50.4 Å². The van der Waals surface area contributed by atoms with Gasteiger partial charge in [0.15, 0.2) is 0 Å². The Labute approximate surface area is 278 Å². The van der Waals surface area contributed by atoms with Gasteiger partial charge in [-0.3, -0.25) is 0 Å². The van der Waals surface area contributed by atoms with E-state index in [-0.39, 0.29) is 16.5 Å². The number of nitriles is 1. The van der Waals surface area contributed by atoms with Crippen molar-refractivity contribution >= 4 is 50.4 Å². The maximum absolute atomic E-state index is 9.64. The summed E-state index contributed by atoms with van der Waals surface area (Å²) in [5.74, 6) is 0. The van der Waals surface area contributed by atoms with Crippen molar-refractivity contribution in [3.05, 3.63) is 74.9 Å². The van der Waals surface area contributed by atoms with Crippen LogP contribution in [-0.2, 0) is 42.2 Å². The molecule has 0 saturated heterocycles. The zero-order valence-electron chi connectivity index (χ0n) is 28.1. The first-order chi connectivity index (χ1) is 21.4. The van der Waals surface area contributed by atoms with E-state index in [0.717, 1.165) is 102 Å². The average Bonchev–Trinajstić information content (AvgIpc) is 3.76. The van der Waals surface area contributed by atoms with Gasteiger partial charge < -0.3 is 9.97 Å². The molecule has 5 heterocycles. The summed E-state index contributed by atoms with van der Waals surface area (Å²) in [5.41, 5.74) is 18.9. The predicted octanol–water partition coefficient (Wildman–Crippen LogP) is 9.82. The van der Waals surface area contributed by atoms with Crippen LogP contribution in [0, 0.1) is 11.3 Å². The summed E-state index contributed by atoms with van der Waals surface area (Å²) in [5, 5.41) is 9.64. The summed E-state index contributed by atoms with van der Waals surface area (Å²) < 4.78 is 0. The Morgan fingerprint density at radius 1 is 0.578 bits per heavy atom. The minimum Gasteiger partial charge on any atom is -0.657 e. The van der Waals surface area contributed by atoms with Crippen molar-refractivity contribution in [2.45, 2.75) is 107 Å². The molecule has 0 aliphatic carbocycles. The minimum absolute atomic E-state index is 0. The van der Waals surface area contributed by atoms with Gasteiger partial charge in [-0.05, 0) is 85.3 Å². The number of fused-ring (bicyclic) bond motifs is 8. The Bertz CT molecular complexity index is 1910. The van der Waals surface area contributed by atoms with E-state index in [1.807, 2.05) is 6.08 Å². The van der Waals surface area contributed by atoms with E-state index in [1.54, 1.807) is 6.08 Å². The number of aryl methyl sites for hydroxylation is 4. The first kappa shape index (κ1) is 34.2. The van der Waals surface area contributed by atoms with Gasteiger partial charge in [0.25, 0.3) is 0 Å². The fourth-order valence-electron chi connectivity index (χ4n) is 7.32. The number of aromatic nitrogens is 4. The molecule has 3 aromatic rings. The van der Waals surface area contributed by atoms with E-state index in [2.05, 4.69) is 79.7 Å². The van der Waals surface area contributed by atoms with Crippen LogP contribution in [-0.4, -0.2) is 9.97 Å². The Hall–Kier alpha value is -3.68. The van der Waals surface area contributed by atoms with Gasteiger partial charge in [0, 0.05) is 6.08 Å². The zero-order valence-corrected chi connectivity index (χ0v) is 29.1. The van der Waals surface area contributed by atoms with Crippen molar-refractivity contribution in [2.24, 2.45) is 0 Å². The third kappa shape index (κ3) is 5.88. The second kappa shape index (κ2) is 14.6. The van der Waals surface area contributed by atoms with E-state index in [4.69, 9.17) is 19.9 Å². The van der Waals surface area contributed by atoms with Gasteiger partial charge in [-0.2, -0.15) is 5.26 Å². The quantitative estimate of drug-likeness (QED) is 0.172.